The quantitative estimate of drug-likeness (QED) is 0.192. The van der Waals surface area contributed by atoms with Crippen molar-refractivity contribution in [3.63, 3.8) is 0 Å². The van der Waals surface area contributed by atoms with Gasteiger partial charge < -0.3 is 13.9 Å². The molecular formula is C25H14F8N4O3. The van der Waals surface area contributed by atoms with Crippen LogP contribution in [0.5, 0.6) is 5.75 Å². The van der Waals surface area contributed by atoms with Crippen LogP contribution in [0.15, 0.2) is 77.3 Å². The molecule has 0 aliphatic carbocycles. The number of halogens is 8. The minimum atomic E-state index is -5.04. The van der Waals surface area contributed by atoms with Crippen LogP contribution < -0.4 is 4.74 Å². The molecule has 0 spiro atoms. The Hall–Kier alpha value is -4.53. The predicted octanol–water partition coefficient (Wildman–Crippen LogP) is 7.23. The van der Waals surface area contributed by atoms with Gasteiger partial charge in [-0.1, -0.05) is 30.3 Å². The standard InChI is InChI=1S/C25H14F8N4O3/c26-23(27,28)20-18(34-21(39-20)15-4-2-1-3-5-15)13-38-24(29,30)22-36-35-19-11-8-16(12-37(19)22)14-6-9-17(10-7-14)40-25(31,32)33/h1-12H,13H2. The molecule has 0 aliphatic heterocycles. The zero-order valence-corrected chi connectivity index (χ0v) is 19.7. The first-order chi connectivity index (χ1) is 18.8. The molecule has 40 heavy (non-hydrogen) atoms. The van der Waals surface area contributed by atoms with Gasteiger partial charge in [0.05, 0.1) is 6.61 Å². The molecular weight excluding hydrogens is 556 g/mol. The number of nitrogens with zero attached hydrogens (tertiary/aromatic N) is 4. The molecule has 0 fully saturated rings. The zero-order valence-electron chi connectivity index (χ0n) is 19.7. The van der Waals surface area contributed by atoms with Crippen LogP contribution >= 0.6 is 0 Å². The van der Waals surface area contributed by atoms with E-state index in [0.717, 1.165) is 16.5 Å². The van der Waals surface area contributed by atoms with Gasteiger partial charge in [0.25, 0.3) is 0 Å². The lowest BCUT2D eigenvalue weighted by Gasteiger charge is -2.15. The Balaban J connectivity index is 1.41. The molecule has 5 rings (SSSR count). The van der Waals surface area contributed by atoms with Gasteiger partial charge in [0, 0.05) is 11.8 Å². The number of ether oxygens (including phenoxy) is 2. The number of pyridine rings is 1. The number of fused-ring (bicyclic) bond motifs is 1. The maximum Gasteiger partial charge on any atom is 0.573 e. The maximum absolute atomic E-state index is 15.1. The number of oxazole rings is 1. The third-order valence-electron chi connectivity index (χ3n) is 5.45. The molecule has 0 saturated carbocycles. The molecule has 0 radical (unpaired) electrons. The van der Waals surface area contributed by atoms with E-state index in [0.29, 0.717) is 5.56 Å². The van der Waals surface area contributed by atoms with Crippen molar-refractivity contribution in [1.29, 1.82) is 0 Å². The number of alkyl halides is 8. The van der Waals surface area contributed by atoms with Gasteiger partial charge in [0.1, 0.15) is 11.4 Å². The van der Waals surface area contributed by atoms with Gasteiger partial charge in [-0.15, -0.1) is 23.4 Å². The summed E-state index contributed by atoms with van der Waals surface area (Å²) >= 11 is 0. The second-order valence-corrected chi connectivity index (χ2v) is 8.21. The molecule has 0 unspecified atom stereocenters. The van der Waals surface area contributed by atoms with Gasteiger partial charge in [0.15, 0.2) is 5.65 Å². The van der Waals surface area contributed by atoms with E-state index in [-0.39, 0.29) is 16.8 Å². The Morgan fingerprint density at radius 1 is 0.750 bits per heavy atom. The van der Waals surface area contributed by atoms with Crippen molar-refractivity contribution < 1.29 is 49.0 Å². The van der Waals surface area contributed by atoms with Gasteiger partial charge in [-0.25, -0.2) is 4.98 Å². The van der Waals surface area contributed by atoms with Crippen LogP contribution in [0.2, 0.25) is 0 Å². The Bertz CT molecular complexity index is 1630. The fourth-order valence-electron chi connectivity index (χ4n) is 3.71. The van der Waals surface area contributed by atoms with Crippen LogP contribution in [-0.4, -0.2) is 25.9 Å². The first-order valence-corrected chi connectivity index (χ1v) is 11.2. The van der Waals surface area contributed by atoms with Gasteiger partial charge in [-0.3, -0.25) is 4.40 Å². The summed E-state index contributed by atoms with van der Waals surface area (Å²) in [6, 6.07) is 14.9. The summed E-state index contributed by atoms with van der Waals surface area (Å²) in [5.74, 6) is -3.56. The smallest absolute Gasteiger partial charge is 0.431 e. The Kier molecular flexibility index (Phi) is 6.69. The van der Waals surface area contributed by atoms with E-state index in [1.54, 1.807) is 6.07 Å². The number of rotatable bonds is 7. The molecule has 0 bridgehead atoms. The molecule has 5 aromatic rings. The van der Waals surface area contributed by atoms with Gasteiger partial charge >= 0.3 is 18.6 Å². The van der Waals surface area contributed by atoms with Crippen LogP contribution in [0.25, 0.3) is 28.2 Å². The van der Waals surface area contributed by atoms with Crippen LogP contribution in [0.4, 0.5) is 35.1 Å². The molecule has 0 N–H and O–H groups in total. The molecule has 0 saturated heterocycles. The van der Waals surface area contributed by atoms with Crippen molar-refractivity contribution in [1.82, 2.24) is 19.6 Å². The summed E-state index contributed by atoms with van der Waals surface area (Å²) in [5.41, 5.74) is -0.137. The third-order valence-corrected chi connectivity index (χ3v) is 5.45. The van der Waals surface area contributed by atoms with Gasteiger partial charge in [0.2, 0.25) is 17.5 Å². The third kappa shape index (κ3) is 5.73. The minimum absolute atomic E-state index is 0.0529. The van der Waals surface area contributed by atoms with E-state index in [1.165, 1.54) is 54.7 Å². The first kappa shape index (κ1) is 27.1. The number of aromatic nitrogens is 4. The highest BCUT2D eigenvalue weighted by Crippen LogP contribution is 2.37. The fourth-order valence-corrected chi connectivity index (χ4v) is 3.71. The second kappa shape index (κ2) is 9.89. The molecule has 208 valence electrons. The molecule has 0 amide bonds. The van der Waals surface area contributed by atoms with E-state index in [1.807, 2.05) is 0 Å². The summed E-state index contributed by atoms with van der Waals surface area (Å²) in [6.45, 7) is -1.28. The molecule has 0 atom stereocenters. The first-order valence-electron chi connectivity index (χ1n) is 11.2. The van der Waals surface area contributed by atoms with E-state index in [4.69, 9.17) is 4.42 Å². The highest BCUT2D eigenvalue weighted by atomic mass is 19.4. The van der Waals surface area contributed by atoms with Crippen molar-refractivity contribution in [2.24, 2.45) is 0 Å². The van der Waals surface area contributed by atoms with Crippen LogP contribution in [0.1, 0.15) is 17.3 Å². The summed E-state index contributed by atoms with van der Waals surface area (Å²) < 4.78 is 122. The normalized spacial score (nSPS) is 12.7. The van der Waals surface area contributed by atoms with Crippen LogP contribution in [-0.2, 0) is 23.6 Å². The average Bonchev–Trinajstić information content (AvgIpc) is 3.52. The molecule has 3 aromatic heterocycles. The Labute approximate surface area is 218 Å². The molecule has 15 heteroatoms. The molecule has 2 aromatic carbocycles. The van der Waals surface area contributed by atoms with E-state index >= 15 is 8.78 Å². The lowest BCUT2D eigenvalue weighted by Crippen LogP contribution is -2.22. The van der Waals surface area contributed by atoms with Crippen LogP contribution in [0.3, 0.4) is 0 Å². The largest absolute Gasteiger partial charge is 0.573 e. The lowest BCUT2D eigenvalue weighted by atomic mass is 10.1. The van der Waals surface area contributed by atoms with Crippen molar-refractivity contribution in [3.05, 3.63) is 90.2 Å². The van der Waals surface area contributed by atoms with E-state index in [2.05, 4.69) is 24.7 Å². The predicted molar refractivity (Wildman–Crippen MR) is 121 cm³/mol. The zero-order chi connectivity index (χ0) is 28.7. The highest BCUT2D eigenvalue weighted by molar-refractivity contribution is 5.65. The highest BCUT2D eigenvalue weighted by Gasteiger charge is 2.43. The Morgan fingerprint density at radius 3 is 2.08 bits per heavy atom. The van der Waals surface area contributed by atoms with Crippen molar-refractivity contribution in [2.75, 3.05) is 0 Å². The van der Waals surface area contributed by atoms with Crippen molar-refractivity contribution in [2.45, 2.75) is 25.3 Å². The summed E-state index contributed by atoms with van der Waals surface area (Å²) in [7, 11) is 0. The number of hydrogen-bond donors (Lipinski definition) is 0. The Morgan fingerprint density at radius 2 is 1.43 bits per heavy atom. The number of benzene rings is 2. The second-order valence-electron chi connectivity index (χ2n) is 8.21. The van der Waals surface area contributed by atoms with Gasteiger partial charge in [-0.2, -0.15) is 22.0 Å². The fraction of sp³-hybridized carbons (Fsp3) is 0.160. The topological polar surface area (TPSA) is 74.7 Å². The maximum atomic E-state index is 15.1. The van der Waals surface area contributed by atoms with Gasteiger partial charge in [-0.05, 0) is 47.5 Å². The van der Waals surface area contributed by atoms with Crippen molar-refractivity contribution in [3.8, 4) is 28.3 Å². The summed E-state index contributed by atoms with van der Waals surface area (Å²) in [4.78, 5) is 3.71. The summed E-state index contributed by atoms with van der Waals surface area (Å²) in [6.07, 6.45) is -13.0. The van der Waals surface area contributed by atoms with E-state index < -0.39 is 54.2 Å². The summed E-state index contributed by atoms with van der Waals surface area (Å²) in [5, 5.41) is 7.04. The average molecular weight is 570 g/mol. The van der Waals surface area contributed by atoms with E-state index in [9.17, 15) is 26.3 Å². The number of hydrogen-bond acceptors (Lipinski definition) is 6. The lowest BCUT2D eigenvalue weighted by molar-refractivity contribution is -0.274. The van der Waals surface area contributed by atoms with Crippen LogP contribution in [0, 0.1) is 0 Å². The molecule has 7 nitrogen and oxygen atoms in total. The molecule has 3 heterocycles. The van der Waals surface area contributed by atoms with Crippen molar-refractivity contribution >= 4 is 5.65 Å². The monoisotopic (exact) mass is 570 g/mol. The minimum Gasteiger partial charge on any atom is -0.431 e. The SMILES string of the molecule is FC(F)(F)Oc1ccc(-c2ccc3nnc(C(F)(F)OCc4nc(-c5ccccc5)oc4C(F)(F)F)n3c2)cc1. The molecule has 0 aliphatic rings.